The minimum absolute atomic E-state index is 0.000833. The molecule has 0 saturated heterocycles. The van der Waals surface area contributed by atoms with E-state index in [4.69, 9.17) is 0 Å². The molecular weight excluding hydrogens is 238 g/mol. The van der Waals surface area contributed by atoms with Gasteiger partial charge in [-0.25, -0.2) is 0 Å². The number of hydrogen-bond acceptors (Lipinski definition) is 2. The summed E-state index contributed by atoms with van der Waals surface area (Å²) < 4.78 is 1.28. The highest BCUT2D eigenvalue weighted by Gasteiger charge is 2.16. The molecule has 1 aromatic carbocycles. The van der Waals surface area contributed by atoms with Crippen molar-refractivity contribution in [3.63, 3.8) is 0 Å². The summed E-state index contributed by atoms with van der Waals surface area (Å²) in [7, 11) is 0. The van der Waals surface area contributed by atoms with Gasteiger partial charge in [0.25, 0.3) is 0 Å². The number of hydrogen-bond donors (Lipinski definition) is 0. The standard InChI is InChI=1S/C8H20N.C8H8O2/c1-5-9(6-2,7-3)8-4;9-8(10)6-7-4-2-1-3-5-7/h5-8H2,1-4H3;1-5H,6H2,(H,9,10)/q+1;/p-1. The fourth-order valence-electron chi connectivity index (χ4n) is 2.10. The summed E-state index contributed by atoms with van der Waals surface area (Å²) in [6.07, 6.45) is 0.000833. The average Bonchev–Trinajstić information content (AvgIpc) is 2.43. The summed E-state index contributed by atoms with van der Waals surface area (Å²) in [6.45, 7) is 14.2. The first-order chi connectivity index (χ1) is 9.03. The van der Waals surface area contributed by atoms with Crippen molar-refractivity contribution >= 4 is 5.97 Å². The molecule has 0 saturated carbocycles. The highest BCUT2D eigenvalue weighted by molar-refractivity contribution is 5.67. The summed E-state index contributed by atoms with van der Waals surface area (Å²) in [5.74, 6) is -1.04. The van der Waals surface area contributed by atoms with E-state index in [9.17, 15) is 9.90 Å². The van der Waals surface area contributed by atoms with E-state index in [0.29, 0.717) is 0 Å². The molecule has 19 heavy (non-hydrogen) atoms. The van der Waals surface area contributed by atoms with Crippen LogP contribution < -0.4 is 5.11 Å². The average molecular weight is 265 g/mol. The Balaban J connectivity index is 0.000000344. The van der Waals surface area contributed by atoms with E-state index < -0.39 is 5.97 Å². The highest BCUT2D eigenvalue weighted by atomic mass is 16.4. The number of aliphatic carboxylic acids is 1. The SMILES string of the molecule is CC[N+](CC)(CC)CC.O=C([O-])Cc1ccccc1. The molecule has 0 N–H and O–H groups in total. The monoisotopic (exact) mass is 265 g/mol. The highest BCUT2D eigenvalue weighted by Crippen LogP contribution is 2.03. The molecule has 0 unspecified atom stereocenters. The Bertz CT molecular complexity index is 328. The molecule has 0 atom stereocenters. The molecule has 0 aliphatic heterocycles. The van der Waals surface area contributed by atoms with Crippen molar-refractivity contribution in [3.8, 4) is 0 Å². The maximum absolute atomic E-state index is 10.1. The van der Waals surface area contributed by atoms with E-state index in [2.05, 4.69) is 27.7 Å². The molecule has 0 fully saturated rings. The van der Waals surface area contributed by atoms with Crippen LogP contribution >= 0.6 is 0 Å². The number of carboxylic acids is 1. The predicted molar refractivity (Wildman–Crippen MR) is 77.6 cm³/mol. The van der Waals surface area contributed by atoms with Gasteiger partial charge in [0, 0.05) is 12.4 Å². The van der Waals surface area contributed by atoms with E-state index in [1.54, 1.807) is 24.3 Å². The Kier molecular flexibility index (Phi) is 8.88. The van der Waals surface area contributed by atoms with E-state index in [1.807, 2.05) is 6.07 Å². The summed E-state index contributed by atoms with van der Waals surface area (Å²) in [4.78, 5) is 10.1. The maximum atomic E-state index is 10.1. The van der Waals surface area contributed by atoms with Crippen molar-refractivity contribution in [1.82, 2.24) is 0 Å². The van der Waals surface area contributed by atoms with Crippen molar-refractivity contribution in [2.24, 2.45) is 0 Å². The summed E-state index contributed by atoms with van der Waals surface area (Å²) >= 11 is 0. The molecule has 0 amide bonds. The third-order valence-corrected chi connectivity index (χ3v) is 3.87. The smallest absolute Gasteiger partial charge is 0.0757 e. The molecule has 3 heteroatoms. The second-order valence-corrected chi connectivity index (χ2v) is 4.64. The minimum atomic E-state index is -1.04. The van der Waals surface area contributed by atoms with Crippen molar-refractivity contribution in [2.75, 3.05) is 26.2 Å². The molecule has 0 aromatic heterocycles. The number of carboxylic acid groups (broad SMARTS) is 1. The Morgan fingerprint density at radius 2 is 1.37 bits per heavy atom. The van der Waals surface area contributed by atoms with Gasteiger partial charge in [0.15, 0.2) is 0 Å². The van der Waals surface area contributed by atoms with Gasteiger partial charge in [-0.1, -0.05) is 30.3 Å². The van der Waals surface area contributed by atoms with E-state index in [1.165, 1.54) is 30.7 Å². The third kappa shape index (κ3) is 6.97. The van der Waals surface area contributed by atoms with Crippen LogP contribution in [0.15, 0.2) is 30.3 Å². The van der Waals surface area contributed by atoms with Gasteiger partial charge < -0.3 is 14.4 Å². The predicted octanol–water partition coefficient (Wildman–Crippen LogP) is 1.86. The lowest BCUT2D eigenvalue weighted by molar-refractivity contribution is -0.921. The molecule has 0 heterocycles. The zero-order valence-electron chi connectivity index (χ0n) is 12.7. The van der Waals surface area contributed by atoms with Crippen molar-refractivity contribution in [1.29, 1.82) is 0 Å². The molecule has 1 aromatic rings. The van der Waals surface area contributed by atoms with Crippen molar-refractivity contribution in [2.45, 2.75) is 34.1 Å². The Morgan fingerprint density at radius 3 is 1.63 bits per heavy atom. The second-order valence-electron chi connectivity index (χ2n) is 4.64. The normalized spacial score (nSPS) is 10.5. The van der Waals surface area contributed by atoms with Gasteiger partial charge in [-0.05, 0) is 33.3 Å². The van der Waals surface area contributed by atoms with Gasteiger partial charge in [0.05, 0.1) is 26.2 Å². The lowest BCUT2D eigenvalue weighted by atomic mass is 10.2. The molecule has 0 bridgehead atoms. The first-order valence-electron chi connectivity index (χ1n) is 7.12. The molecule has 0 radical (unpaired) electrons. The van der Waals surface area contributed by atoms with Crippen molar-refractivity contribution < 1.29 is 14.4 Å². The molecular formula is C16H27NO2. The molecule has 0 aliphatic rings. The van der Waals surface area contributed by atoms with Gasteiger partial charge in [-0.15, -0.1) is 0 Å². The fraction of sp³-hybridized carbons (Fsp3) is 0.562. The Morgan fingerprint density at radius 1 is 0.947 bits per heavy atom. The first kappa shape index (κ1) is 17.6. The Labute approximate surface area is 117 Å². The number of quaternary nitrogens is 1. The van der Waals surface area contributed by atoms with Crippen LogP contribution in [-0.4, -0.2) is 36.6 Å². The zero-order chi connectivity index (χ0) is 14.7. The topological polar surface area (TPSA) is 40.1 Å². The van der Waals surface area contributed by atoms with Crippen LogP contribution in [0.1, 0.15) is 33.3 Å². The zero-order valence-corrected chi connectivity index (χ0v) is 12.7. The molecule has 108 valence electrons. The van der Waals surface area contributed by atoms with Gasteiger partial charge in [-0.3, -0.25) is 0 Å². The number of benzene rings is 1. The fourth-order valence-corrected chi connectivity index (χ4v) is 2.10. The van der Waals surface area contributed by atoms with Crippen LogP contribution in [0.25, 0.3) is 0 Å². The van der Waals surface area contributed by atoms with Crippen LogP contribution in [0.5, 0.6) is 0 Å². The number of carbonyl (C=O) groups excluding carboxylic acids is 1. The summed E-state index contributed by atoms with van der Waals surface area (Å²) in [5.41, 5.74) is 0.780. The van der Waals surface area contributed by atoms with Crippen LogP contribution in [0.3, 0.4) is 0 Å². The number of carbonyl (C=O) groups is 1. The van der Waals surface area contributed by atoms with Crippen LogP contribution in [0.4, 0.5) is 0 Å². The van der Waals surface area contributed by atoms with Crippen molar-refractivity contribution in [3.05, 3.63) is 35.9 Å². The van der Waals surface area contributed by atoms with Crippen LogP contribution in [0, 0.1) is 0 Å². The van der Waals surface area contributed by atoms with E-state index in [-0.39, 0.29) is 6.42 Å². The van der Waals surface area contributed by atoms with E-state index in [0.717, 1.165) is 5.56 Å². The Hall–Kier alpha value is -1.35. The molecule has 0 aliphatic carbocycles. The lowest BCUT2D eigenvalue weighted by Gasteiger charge is -2.34. The summed E-state index contributed by atoms with van der Waals surface area (Å²) in [5, 5.41) is 10.1. The van der Waals surface area contributed by atoms with Gasteiger partial charge >= 0.3 is 0 Å². The second kappa shape index (κ2) is 9.56. The molecule has 1 rings (SSSR count). The van der Waals surface area contributed by atoms with Gasteiger partial charge in [0.1, 0.15) is 0 Å². The van der Waals surface area contributed by atoms with Crippen LogP contribution in [0.2, 0.25) is 0 Å². The van der Waals surface area contributed by atoms with Gasteiger partial charge in [-0.2, -0.15) is 0 Å². The lowest BCUT2D eigenvalue weighted by Crippen LogP contribution is -2.47. The van der Waals surface area contributed by atoms with Gasteiger partial charge in [0.2, 0.25) is 0 Å². The number of rotatable bonds is 6. The molecule has 0 spiro atoms. The van der Waals surface area contributed by atoms with Crippen LogP contribution in [-0.2, 0) is 11.2 Å². The maximum Gasteiger partial charge on any atom is 0.0757 e. The minimum Gasteiger partial charge on any atom is -0.550 e. The quantitative estimate of drug-likeness (QED) is 0.737. The summed E-state index contributed by atoms with van der Waals surface area (Å²) in [6, 6.07) is 8.97. The van der Waals surface area contributed by atoms with E-state index >= 15 is 0 Å². The largest absolute Gasteiger partial charge is 0.550 e. The first-order valence-corrected chi connectivity index (χ1v) is 7.12. The molecule has 3 nitrogen and oxygen atoms in total. The third-order valence-electron chi connectivity index (χ3n) is 3.87. The number of nitrogens with zero attached hydrogens (tertiary/aromatic N) is 1.